The van der Waals surface area contributed by atoms with Crippen LogP contribution in [0.5, 0.6) is 0 Å². The second kappa shape index (κ2) is 7.23. The van der Waals surface area contributed by atoms with Crippen LogP contribution in [0.15, 0.2) is 24.3 Å². The quantitative estimate of drug-likeness (QED) is 0.785. The molecule has 0 aromatic heterocycles. The van der Waals surface area contributed by atoms with Crippen LogP contribution in [0.2, 0.25) is 0 Å². The minimum absolute atomic E-state index is 0.540. The number of benzene rings is 1. The Labute approximate surface area is 118 Å². The van der Waals surface area contributed by atoms with Crippen LogP contribution in [0.4, 0.5) is 10.5 Å². The van der Waals surface area contributed by atoms with Crippen molar-refractivity contribution in [2.45, 2.75) is 6.54 Å². The number of hydrogen-bond donors (Lipinski definition) is 0. The van der Waals surface area contributed by atoms with E-state index in [2.05, 4.69) is 4.90 Å². The van der Waals surface area contributed by atoms with Crippen molar-refractivity contribution >= 4 is 11.8 Å². The van der Waals surface area contributed by atoms with Crippen LogP contribution < -0.4 is 5.06 Å². The Kier molecular flexibility index (Phi) is 5.34. The third-order valence-corrected chi connectivity index (χ3v) is 3.23. The zero-order valence-electron chi connectivity index (χ0n) is 11.9. The number of methoxy groups -OCH3 is 1. The van der Waals surface area contributed by atoms with Gasteiger partial charge in [0.25, 0.3) is 0 Å². The lowest BCUT2D eigenvalue weighted by Crippen LogP contribution is -2.36. The van der Waals surface area contributed by atoms with E-state index in [9.17, 15) is 4.79 Å². The molecule has 1 fully saturated rings. The van der Waals surface area contributed by atoms with E-state index >= 15 is 0 Å². The molecule has 20 heavy (non-hydrogen) atoms. The van der Waals surface area contributed by atoms with Crippen LogP contribution in [-0.4, -0.2) is 51.5 Å². The highest BCUT2D eigenvalue weighted by atomic mass is 16.7. The molecule has 1 saturated heterocycles. The average Bonchev–Trinajstić information content (AvgIpc) is 2.50. The summed E-state index contributed by atoms with van der Waals surface area (Å²) < 4.78 is 10.1. The summed E-state index contributed by atoms with van der Waals surface area (Å²) in [5.41, 5.74) is 1.72. The summed E-state index contributed by atoms with van der Waals surface area (Å²) in [4.78, 5) is 19.2. The largest absolute Gasteiger partial charge is 0.451 e. The van der Waals surface area contributed by atoms with E-state index in [4.69, 9.17) is 14.3 Å². The van der Waals surface area contributed by atoms with Crippen molar-refractivity contribution in [1.82, 2.24) is 4.90 Å². The van der Waals surface area contributed by atoms with Gasteiger partial charge in [0.1, 0.15) is 0 Å². The molecule has 1 aliphatic heterocycles. The van der Waals surface area contributed by atoms with Gasteiger partial charge in [-0.1, -0.05) is 18.2 Å². The van der Waals surface area contributed by atoms with Gasteiger partial charge in [0, 0.05) is 19.6 Å². The minimum atomic E-state index is -0.540. The maximum atomic E-state index is 11.7. The molecule has 6 nitrogen and oxygen atoms in total. The number of ether oxygens (including phenoxy) is 2. The number of carbonyl (C=O) groups is 1. The lowest BCUT2D eigenvalue weighted by Gasteiger charge is -2.28. The van der Waals surface area contributed by atoms with Gasteiger partial charge in [0.15, 0.2) is 0 Å². The summed E-state index contributed by atoms with van der Waals surface area (Å²) in [6, 6.07) is 7.65. The van der Waals surface area contributed by atoms with Gasteiger partial charge in [0.2, 0.25) is 0 Å². The number of nitrogens with zero attached hydrogens (tertiary/aromatic N) is 2. The Hall–Kier alpha value is -1.63. The number of rotatable bonds is 4. The van der Waals surface area contributed by atoms with Crippen LogP contribution in [-0.2, 0) is 20.9 Å². The van der Waals surface area contributed by atoms with Gasteiger partial charge in [-0.15, -0.1) is 0 Å². The van der Waals surface area contributed by atoms with Gasteiger partial charge in [-0.05, 0) is 11.6 Å². The fourth-order valence-corrected chi connectivity index (χ4v) is 2.20. The normalized spacial score (nSPS) is 15.9. The van der Waals surface area contributed by atoms with E-state index in [0.29, 0.717) is 5.69 Å². The smallest absolute Gasteiger partial charge is 0.438 e. The third kappa shape index (κ3) is 3.47. The topological polar surface area (TPSA) is 51.2 Å². The van der Waals surface area contributed by atoms with Gasteiger partial charge in [-0.2, -0.15) is 5.06 Å². The molecule has 0 N–H and O–H groups in total. The molecule has 0 radical (unpaired) electrons. The van der Waals surface area contributed by atoms with Crippen LogP contribution in [0.25, 0.3) is 0 Å². The zero-order valence-corrected chi connectivity index (χ0v) is 11.9. The first-order valence-electron chi connectivity index (χ1n) is 6.56. The zero-order chi connectivity index (χ0) is 14.4. The third-order valence-electron chi connectivity index (χ3n) is 3.23. The fraction of sp³-hybridized carbons (Fsp3) is 0.500. The van der Waals surface area contributed by atoms with Crippen molar-refractivity contribution in [2.75, 3.05) is 45.6 Å². The van der Waals surface area contributed by atoms with Gasteiger partial charge >= 0.3 is 6.09 Å². The SMILES string of the molecule is COC(=O)N(OC)c1ccccc1CN1CCOCC1. The molecule has 1 aliphatic rings. The summed E-state index contributed by atoms with van der Waals surface area (Å²) in [5, 5.41) is 1.16. The molecular weight excluding hydrogens is 260 g/mol. The predicted octanol–water partition coefficient (Wildman–Crippen LogP) is 1.65. The molecule has 1 amide bonds. The number of carbonyl (C=O) groups excluding carboxylic acids is 1. The van der Waals surface area contributed by atoms with Crippen molar-refractivity contribution in [1.29, 1.82) is 0 Å². The van der Waals surface area contributed by atoms with Gasteiger partial charge < -0.3 is 9.47 Å². The standard InChI is InChI=1S/C14H20N2O4/c1-18-14(17)16(19-2)13-6-4-3-5-12(13)11-15-7-9-20-10-8-15/h3-6H,7-11H2,1-2H3. The first-order valence-corrected chi connectivity index (χ1v) is 6.56. The highest BCUT2D eigenvalue weighted by molar-refractivity contribution is 5.86. The molecule has 0 bridgehead atoms. The number of hydrogen-bond acceptors (Lipinski definition) is 5. The Morgan fingerprint density at radius 3 is 2.65 bits per heavy atom. The first-order chi connectivity index (χ1) is 9.76. The molecule has 110 valence electrons. The molecule has 1 aromatic carbocycles. The molecular formula is C14H20N2O4. The predicted molar refractivity (Wildman–Crippen MR) is 74.4 cm³/mol. The first kappa shape index (κ1) is 14.8. The van der Waals surface area contributed by atoms with E-state index in [1.165, 1.54) is 14.2 Å². The second-order valence-electron chi connectivity index (χ2n) is 4.46. The molecule has 0 aliphatic carbocycles. The van der Waals surface area contributed by atoms with Crippen LogP contribution >= 0.6 is 0 Å². The van der Waals surface area contributed by atoms with E-state index < -0.39 is 6.09 Å². The van der Waals surface area contributed by atoms with Gasteiger partial charge in [0.05, 0.1) is 33.1 Å². The van der Waals surface area contributed by atoms with Crippen molar-refractivity contribution < 1.29 is 19.1 Å². The van der Waals surface area contributed by atoms with Crippen LogP contribution in [0.3, 0.4) is 0 Å². The maximum Gasteiger partial charge on any atom is 0.438 e. The van der Waals surface area contributed by atoms with E-state index in [-0.39, 0.29) is 0 Å². The Bertz CT molecular complexity index is 447. The Morgan fingerprint density at radius 1 is 1.30 bits per heavy atom. The van der Waals surface area contributed by atoms with Crippen molar-refractivity contribution in [3.63, 3.8) is 0 Å². The number of anilines is 1. The van der Waals surface area contributed by atoms with E-state index in [0.717, 1.165) is 43.5 Å². The Balaban J connectivity index is 2.18. The number of amides is 1. The summed E-state index contributed by atoms with van der Waals surface area (Å²) >= 11 is 0. The fourth-order valence-electron chi connectivity index (χ4n) is 2.20. The summed E-state index contributed by atoms with van der Waals surface area (Å²) in [6.45, 7) is 4.01. The number of hydroxylamine groups is 1. The van der Waals surface area contributed by atoms with Crippen LogP contribution in [0.1, 0.15) is 5.56 Å². The molecule has 1 aromatic rings. The van der Waals surface area contributed by atoms with Crippen molar-refractivity contribution in [2.24, 2.45) is 0 Å². The summed E-state index contributed by atoms with van der Waals surface area (Å²) in [7, 11) is 2.78. The van der Waals surface area contributed by atoms with E-state index in [1.54, 1.807) is 0 Å². The van der Waals surface area contributed by atoms with E-state index in [1.807, 2.05) is 24.3 Å². The number of morpholine rings is 1. The van der Waals surface area contributed by atoms with Gasteiger partial charge in [-0.3, -0.25) is 9.74 Å². The van der Waals surface area contributed by atoms with Gasteiger partial charge in [-0.25, -0.2) is 4.79 Å². The molecule has 1 heterocycles. The molecule has 0 saturated carbocycles. The highest BCUT2D eigenvalue weighted by Crippen LogP contribution is 2.23. The lowest BCUT2D eigenvalue weighted by molar-refractivity contribution is 0.0340. The molecule has 0 unspecified atom stereocenters. The minimum Gasteiger partial charge on any atom is -0.451 e. The van der Waals surface area contributed by atoms with Crippen molar-refractivity contribution in [3.8, 4) is 0 Å². The Morgan fingerprint density at radius 2 is 2.00 bits per heavy atom. The number of para-hydroxylation sites is 1. The highest BCUT2D eigenvalue weighted by Gasteiger charge is 2.20. The maximum absolute atomic E-state index is 11.7. The van der Waals surface area contributed by atoms with Crippen molar-refractivity contribution in [3.05, 3.63) is 29.8 Å². The lowest BCUT2D eigenvalue weighted by atomic mass is 10.1. The monoisotopic (exact) mass is 280 g/mol. The molecule has 6 heteroatoms. The molecule has 2 rings (SSSR count). The van der Waals surface area contributed by atoms with Crippen LogP contribution in [0, 0.1) is 0 Å². The molecule has 0 atom stereocenters. The second-order valence-corrected chi connectivity index (χ2v) is 4.46. The average molecular weight is 280 g/mol. The summed E-state index contributed by atoms with van der Waals surface area (Å²) in [5.74, 6) is 0. The summed E-state index contributed by atoms with van der Waals surface area (Å²) in [6.07, 6.45) is -0.540. The molecule has 0 spiro atoms.